The molecule has 0 saturated heterocycles. The van der Waals surface area contributed by atoms with Crippen LogP contribution >= 0.6 is 0 Å². The molecule has 0 unspecified atom stereocenters. The van der Waals surface area contributed by atoms with E-state index >= 15 is 0 Å². The SMILES string of the molecule is CC1(C)[C@H](CN)[C@H]1CC(F)(F)F. The van der Waals surface area contributed by atoms with Gasteiger partial charge in [0.25, 0.3) is 0 Å². The Morgan fingerprint density at radius 1 is 1.25 bits per heavy atom. The fourth-order valence-electron chi connectivity index (χ4n) is 1.98. The molecule has 1 aliphatic rings. The van der Waals surface area contributed by atoms with Gasteiger partial charge in [-0.2, -0.15) is 13.2 Å². The number of nitrogens with two attached hydrogens (primary N) is 1. The summed E-state index contributed by atoms with van der Waals surface area (Å²) in [5, 5.41) is 0. The van der Waals surface area contributed by atoms with Gasteiger partial charge in [0, 0.05) is 6.42 Å². The molecule has 0 aliphatic heterocycles. The molecule has 0 aromatic heterocycles. The van der Waals surface area contributed by atoms with E-state index in [1.807, 2.05) is 13.8 Å². The molecule has 0 spiro atoms. The summed E-state index contributed by atoms with van der Waals surface area (Å²) < 4.78 is 35.9. The van der Waals surface area contributed by atoms with Gasteiger partial charge in [0.1, 0.15) is 0 Å². The van der Waals surface area contributed by atoms with Gasteiger partial charge in [-0.3, -0.25) is 0 Å². The second-order valence-electron chi connectivity index (χ2n) is 4.09. The highest BCUT2D eigenvalue weighted by Gasteiger charge is 2.59. The summed E-state index contributed by atoms with van der Waals surface area (Å²) in [6.07, 6.45) is -4.71. The second kappa shape index (κ2) is 2.62. The van der Waals surface area contributed by atoms with Gasteiger partial charge in [0.2, 0.25) is 0 Å². The van der Waals surface area contributed by atoms with Crippen LogP contribution in [0.4, 0.5) is 13.2 Å². The Kier molecular flexibility index (Phi) is 2.15. The topological polar surface area (TPSA) is 26.0 Å². The highest BCUT2D eigenvalue weighted by molar-refractivity contribution is 5.05. The molecule has 1 saturated carbocycles. The summed E-state index contributed by atoms with van der Waals surface area (Å²) in [6, 6.07) is 0. The quantitative estimate of drug-likeness (QED) is 0.694. The second-order valence-corrected chi connectivity index (χ2v) is 4.09. The van der Waals surface area contributed by atoms with E-state index in [0.717, 1.165) is 0 Å². The predicted molar refractivity (Wildman–Crippen MR) is 40.5 cm³/mol. The van der Waals surface area contributed by atoms with Crippen LogP contribution in [-0.2, 0) is 0 Å². The van der Waals surface area contributed by atoms with Crippen molar-refractivity contribution in [2.45, 2.75) is 26.4 Å². The van der Waals surface area contributed by atoms with Crippen LogP contribution < -0.4 is 5.73 Å². The van der Waals surface area contributed by atoms with E-state index in [-0.39, 0.29) is 17.3 Å². The summed E-state index contributed by atoms with van der Waals surface area (Å²) in [4.78, 5) is 0. The highest BCUT2D eigenvalue weighted by atomic mass is 19.4. The minimum absolute atomic E-state index is 0.0547. The molecular formula is C8H14F3N. The Morgan fingerprint density at radius 2 is 1.75 bits per heavy atom. The molecular weight excluding hydrogens is 167 g/mol. The van der Waals surface area contributed by atoms with E-state index in [2.05, 4.69) is 0 Å². The van der Waals surface area contributed by atoms with E-state index in [0.29, 0.717) is 6.54 Å². The zero-order valence-corrected chi connectivity index (χ0v) is 7.28. The molecule has 1 nitrogen and oxygen atoms in total. The maximum Gasteiger partial charge on any atom is 0.389 e. The number of alkyl halides is 3. The lowest BCUT2D eigenvalue weighted by molar-refractivity contribution is -0.140. The smallest absolute Gasteiger partial charge is 0.330 e. The monoisotopic (exact) mass is 181 g/mol. The van der Waals surface area contributed by atoms with Gasteiger partial charge in [-0.1, -0.05) is 13.8 Å². The van der Waals surface area contributed by atoms with Gasteiger partial charge in [-0.25, -0.2) is 0 Å². The first kappa shape index (κ1) is 9.84. The number of hydrogen-bond donors (Lipinski definition) is 1. The third-order valence-corrected chi connectivity index (χ3v) is 2.99. The highest BCUT2D eigenvalue weighted by Crippen LogP contribution is 2.61. The summed E-state index contributed by atoms with van der Waals surface area (Å²) in [5.74, 6) is -0.207. The van der Waals surface area contributed by atoms with Crippen molar-refractivity contribution in [1.29, 1.82) is 0 Å². The molecule has 72 valence electrons. The molecule has 2 atom stereocenters. The standard InChI is InChI=1S/C8H14F3N/c1-7(2)5(6(7)4-12)3-8(9,10)11/h5-6H,3-4,12H2,1-2H3/t5-,6-/m1/s1. The fraction of sp³-hybridized carbons (Fsp3) is 1.00. The molecule has 0 bridgehead atoms. The van der Waals surface area contributed by atoms with Crippen LogP contribution in [0.2, 0.25) is 0 Å². The maximum absolute atomic E-state index is 12.0. The Morgan fingerprint density at radius 3 is 2.00 bits per heavy atom. The first-order chi connectivity index (χ1) is 5.29. The average molecular weight is 181 g/mol. The molecule has 0 aromatic rings. The lowest BCUT2D eigenvalue weighted by atomic mass is 10.1. The minimum Gasteiger partial charge on any atom is -0.330 e. The van der Waals surface area contributed by atoms with Crippen molar-refractivity contribution in [3.63, 3.8) is 0 Å². The molecule has 0 heterocycles. The lowest BCUT2D eigenvalue weighted by Gasteiger charge is -2.06. The molecule has 4 heteroatoms. The molecule has 0 radical (unpaired) electrons. The van der Waals surface area contributed by atoms with Crippen molar-refractivity contribution in [2.24, 2.45) is 23.0 Å². The lowest BCUT2D eigenvalue weighted by Crippen LogP contribution is -2.11. The Hall–Kier alpha value is -0.250. The summed E-state index contributed by atoms with van der Waals surface area (Å²) in [5.41, 5.74) is 5.15. The van der Waals surface area contributed by atoms with Crippen molar-refractivity contribution < 1.29 is 13.2 Å². The third kappa shape index (κ3) is 1.73. The first-order valence-corrected chi connectivity index (χ1v) is 4.06. The maximum atomic E-state index is 12.0. The van der Waals surface area contributed by atoms with Crippen molar-refractivity contribution in [1.82, 2.24) is 0 Å². The van der Waals surface area contributed by atoms with Crippen molar-refractivity contribution >= 4 is 0 Å². The molecule has 2 N–H and O–H groups in total. The Balaban J connectivity index is 2.48. The average Bonchev–Trinajstić information content (AvgIpc) is 2.30. The largest absolute Gasteiger partial charge is 0.389 e. The van der Waals surface area contributed by atoms with Crippen molar-refractivity contribution in [2.75, 3.05) is 6.54 Å². The number of hydrogen-bond acceptors (Lipinski definition) is 1. The van der Waals surface area contributed by atoms with Crippen LogP contribution in [-0.4, -0.2) is 12.7 Å². The van der Waals surface area contributed by atoms with Crippen LogP contribution in [0.1, 0.15) is 20.3 Å². The Bertz CT molecular complexity index is 174. The zero-order valence-electron chi connectivity index (χ0n) is 7.28. The van der Waals surface area contributed by atoms with E-state index in [1.54, 1.807) is 0 Å². The van der Waals surface area contributed by atoms with Crippen molar-refractivity contribution in [3.05, 3.63) is 0 Å². The molecule has 12 heavy (non-hydrogen) atoms. The van der Waals surface area contributed by atoms with Gasteiger partial charge < -0.3 is 5.73 Å². The van der Waals surface area contributed by atoms with Crippen LogP contribution in [0, 0.1) is 17.3 Å². The minimum atomic E-state index is -4.04. The summed E-state index contributed by atoms with van der Waals surface area (Å²) in [7, 11) is 0. The third-order valence-electron chi connectivity index (χ3n) is 2.99. The molecule has 1 rings (SSSR count). The van der Waals surface area contributed by atoms with Gasteiger partial charge in [-0.15, -0.1) is 0 Å². The van der Waals surface area contributed by atoms with Crippen LogP contribution in [0.5, 0.6) is 0 Å². The van der Waals surface area contributed by atoms with Gasteiger partial charge in [0.05, 0.1) is 0 Å². The van der Waals surface area contributed by atoms with E-state index in [9.17, 15) is 13.2 Å². The molecule has 0 aromatic carbocycles. The van der Waals surface area contributed by atoms with Crippen LogP contribution in [0.25, 0.3) is 0 Å². The van der Waals surface area contributed by atoms with Gasteiger partial charge in [-0.05, 0) is 23.8 Å². The van der Waals surface area contributed by atoms with Crippen LogP contribution in [0.3, 0.4) is 0 Å². The normalized spacial score (nSPS) is 33.5. The first-order valence-electron chi connectivity index (χ1n) is 4.06. The van der Waals surface area contributed by atoms with Crippen LogP contribution in [0.15, 0.2) is 0 Å². The van der Waals surface area contributed by atoms with E-state index in [1.165, 1.54) is 0 Å². The van der Waals surface area contributed by atoms with Gasteiger partial charge >= 0.3 is 6.18 Å². The van der Waals surface area contributed by atoms with E-state index < -0.39 is 12.6 Å². The number of rotatable bonds is 2. The fourth-order valence-corrected chi connectivity index (χ4v) is 1.98. The van der Waals surface area contributed by atoms with E-state index in [4.69, 9.17) is 5.73 Å². The number of halogens is 3. The summed E-state index contributed by atoms with van der Waals surface area (Å²) >= 11 is 0. The molecule has 0 amide bonds. The van der Waals surface area contributed by atoms with Gasteiger partial charge in [0.15, 0.2) is 0 Å². The zero-order chi connectivity index (χ0) is 9.57. The Labute approximate surface area is 70.1 Å². The molecule has 1 fully saturated rings. The summed E-state index contributed by atoms with van der Waals surface area (Å²) in [6.45, 7) is 4.07. The molecule has 1 aliphatic carbocycles. The van der Waals surface area contributed by atoms with Crippen molar-refractivity contribution in [3.8, 4) is 0 Å². The predicted octanol–water partition coefficient (Wildman–Crippen LogP) is 2.17.